The Morgan fingerprint density at radius 1 is 1.50 bits per heavy atom. The molecule has 2 N–H and O–H groups in total. The second-order valence-electron chi connectivity index (χ2n) is 3.59. The zero-order valence-electron chi connectivity index (χ0n) is 9.24. The van der Waals surface area contributed by atoms with Crippen LogP contribution in [-0.4, -0.2) is 23.7 Å². The fourth-order valence-corrected chi connectivity index (χ4v) is 1.93. The van der Waals surface area contributed by atoms with E-state index in [0.717, 1.165) is 9.99 Å². The molecule has 0 saturated carbocycles. The van der Waals surface area contributed by atoms with Crippen molar-refractivity contribution in [3.63, 3.8) is 0 Å². The molecule has 1 unspecified atom stereocenters. The van der Waals surface area contributed by atoms with Gasteiger partial charge in [-0.1, -0.05) is 19.1 Å². The van der Waals surface area contributed by atoms with Gasteiger partial charge in [-0.25, -0.2) is 0 Å². The smallest absolute Gasteiger partial charge is 0.252 e. The Hall–Kier alpha value is -0.620. The number of carbonyl (C=O) groups is 1. The normalized spacial score (nSPS) is 12.2. The molecular formula is C12H16INO2. The third kappa shape index (κ3) is 4.09. The highest BCUT2D eigenvalue weighted by Crippen LogP contribution is 2.10. The molecule has 0 aliphatic rings. The molecule has 0 aromatic heterocycles. The van der Waals surface area contributed by atoms with Crippen molar-refractivity contribution < 1.29 is 9.90 Å². The van der Waals surface area contributed by atoms with Gasteiger partial charge in [0.15, 0.2) is 0 Å². The predicted octanol–water partition coefficient (Wildman–Crippen LogP) is 2.18. The molecule has 1 atom stereocenters. The first kappa shape index (κ1) is 13.4. The summed E-state index contributed by atoms with van der Waals surface area (Å²) >= 11 is 2.14. The fraction of sp³-hybridized carbons (Fsp3) is 0.417. The lowest BCUT2D eigenvalue weighted by Gasteiger charge is -2.09. The lowest BCUT2D eigenvalue weighted by Crippen LogP contribution is -2.27. The van der Waals surface area contributed by atoms with Gasteiger partial charge in [-0.3, -0.25) is 4.79 Å². The number of hydrogen-bond donors (Lipinski definition) is 2. The van der Waals surface area contributed by atoms with Crippen molar-refractivity contribution in [3.05, 3.63) is 33.4 Å². The van der Waals surface area contributed by atoms with Crippen molar-refractivity contribution in [2.45, 2.75) is 25.9 Å². The number of aliphatic hydroxyl groups is 1. The van der Waals surface area contributed by atoms with Crippen LogP contribution in [0.4, 0.5) is 0 Å². The minimum absolute atomic E-state index is 0.0756. The van der Waals surface area contributed by atoms with Crippen LogP contribution in [-0.2, 0) is 0 Å². The number of hydrogen-bond acceptors (Lipinski definition) is 2. The molecule has 0 heterocycles. The van der Waals surface area contributed by atoms with Crippen LogP contribution < -0.4 is 5.32 Å². The molecule has 1 rings (SSSR count). The zero-order valence-corrected chi connectivity index (χ0v) is 11.4. The van der Waals surface area contributed by atoms with Gasteiger partial charge in [0.2, 0.25) is 0 Å². The number of rotatable bonds is 5. The molecule has 0 aliphatic carbocycles. The Bertz CT molecular complexity index is 355. The van der Waals surface area contributed by atoms with Crippen LogP contribution in [0.3, 0.4) is 0 Å². The van der Waals surface area contributed by atoms with E-state index in [1.807, 2.05) is 25.1 Å². The molecule has 88 valence electrons. The van der Waals surface area contributed by atoms with E-state index >= 15 is 0 Å². The van der Waals surface area contributed by atoms with Crippen LogP contribution in [0.15, 0.2) is 24.3 Å². The van der Waals surface area contributed by atoms with Crippen LogP contribution in [0.25, 0.3) is 0 Å². The molecule has 1 amide bonds. The number of halogens is 1. The molecule has 0 spiro atoms. The number of nitrogens with one attached hydrogen (secondary N) is 1. The maximum Gasteiger partial charge on any atom is 0.252 e. The Morgan fingerprint density at radius 2 is 2.19 bits per heavy atom. The molecule has 3 nitrogen and oxygen atoms in total. The minimum Gasteiger partial charge on any atom is -0.393 e. The van der Waals surface area contributed by atoms with Crippen molar-refractivity contribution >= 4 is 28.5 Å². The SMILES string of the molecule is CCC(O)CCNC(=O)c1ccccc1I. The van der Waals surface area contributed by atoms with E-state index in [9.17, 15) is 9.90 Å². The van der Waals surface area contributed by atoms with Gasteiger partial charge >= 0.3 is 0 Å². The molecule has 4 heteroatoms. The van der Waals surface area contributed by atoms with E-state index in [2.05, 4.69) is 27.9 Å². The summed E-state index contributed by atoms with van der Waals surface area (Å²) in [7, 11) is 0. The molecular weight excluding hydrogens is 317 g/mol. The Kier molecular flexibility index (Phi) is 5.76. The quantitative estimate of drug-likeness (QED) is 0.812. The molecule has 1 aromatic carbocycles. The second-order valence-corrected chi connectivity index (χ2v) is 4.75. The minimum atomic E-state index is -0.324. The monoisotopic (exact) mass is 333 g/mol. The summed E-state index contributed by atoms with van der Waals surface area (Å²) in [6.07, 6.45) is 1.000. The van der Waals surface area contributed by atoms with Crippen LogP contribution >= 0.6 is 22.6 Å². The Morgan fingerprint density at radius 3 is 2.81 bits per heavy atom. The number of benzene rings is 1. The second kappa shape index (κ2) is 6.85. The van der Waals surface area contributed by atoms with Crippen molar-refractivity contribution in [1.82, 2.24) is 5.32 Å². The van der Waals surface area contributed by atoms with Gasteiger partial charge in [0, 0.05) is 10.1 Å². The van der Waals surface area contributed by atoms with Crippen LogP contribution in [0.5, 0.6) is 0 Å². The number of amides is 1. The van der Waals surface area contributed by atoms with Crippen molar-refractivity contribution in [2.24, 2.45) is 0 Å². The van der Waals surface area contributed by atoms with Gasteiger partial charge in [-0.2, -0.15) is 0 Å². The Labute approximate surface area is 109 Å². The van der Waals surface area contributed by atoms with E-state index in [0.29, 0.717) is 18.5 Å². The van der Waals surface area contributed by atoms with E-state index in [-0.39, 0.29) is 12.0 Å². The fourth-order valence-electron chi connectivity index (χ4n) is 1.30. The van der Waals surface area contributed by atoms with E-state index < -0.39 is 0 Å². The van der Waals surface area contributed by atoms with Gasteiger partial charge in [0.05, 0.1) is 11.7 Å². The lowest BCUT2D eigenvalue weighted by molar-refractivity contribution is 0.0941. The van der Waals surface area contributed by atoms with Gasteiger partial charge in [0.1, 0.15) is 0 Å². The summed E-state index contributed by atoms with van der Waals surface area (Å²) in [6, 6.07) is 7.45. The highest BCUT2D eigenvalue weighted by molar-refractivity contribution is 14.1. The largest absolute Gasteiger partial charge is 0.393 e. The van der Waals surface area contributed by atoms with Crippen LogP contribution in [0, 0.1) is 3.57 Å². The lowest BCUT2D eigenvalue weighted by atomic mass is 10.2. The predicted molar refractivity (Wildman–Crippen MR) is 72.4 cm³/mol. The average molecular weight is 333 g/mol. The molecule has 1 aromatic rings. The van der Waals surface area contributed by atoms with Crippen LogP contribution in [0.1, 0.15) is 30.1 Å². The highest BCUT2D eigenvalue weighted by Gasteiger charge is 2.08. The van der Waals surface area contributed by atoms with Crippen molar-refractivity contribution in [1.29, 1.82) is 0 Å². The molecule has 0 fully saturated rings. The molecule has 16 heavy (non-hydrogen) atoms. The first-order chi connectivity index (χ1) is 7.65. The molecule has 0 aliphatic heterocycles. The van der Waals surface area contributed by atoms with E-state index in [4.69, 9.17) is 0 Å². The third-order valence-corrected chi connectivity index (χ3v) is 3.29. The summed E-state index contributed by atoms with van der Waals surface area (Å²) in [4.78, 5) is 11.7. The molecule has 0 saturated heterocycles. The first-order valence-corrected chi connectivity index (χ1v) is 6.43. The summed E-state index contributed by atoms with van der Waals surface area (Å²) in [6.45, 7) is 2.44. The van der Waals surface area contributed by atoms with Crippen molar-refractivity contribution in [2.75, 3.05) is 6.54 Å². The topological polar surface area (TPSA) is 49.3 Å². The van der Waals surface area contributed by atoms with E-state index in [1.54, 1.807) is 6.07 Å². The highest BCUT2D eigenvalue weighted by atomic mass is 127. The first-order valence-electron chi connectivity index (χ1n) is 5.36. The maximum absolute atomic E-state index is 11.7. The maximum atomic E-state index is 11.7. The average Bonchev–Trinajstić information content (AvgIpc) is 2.29. The molecule has 0 bridgehead atoms. The Balaban J connectivity index is 2.44. The summed E-state index contributed by atoms with van der Waals surface area (Å²) in [5, 5.41) is 12.1. The van der Waals surface area contributed by atoms with Crippen molar-refractivity contribution in [3.8, 4) is 0 Å². The third-order valence-electron chi connectivity index (χ3n) is 2.35. The van der Waals surface area contributed by atoms with Gasteiger partial charge in [-0.05, 0) is 47.6 Å². The molecule has 0 radical (unpaired) electrons. The van der Waals surface area contributed by atoms with Crippen LogP contribution in [0.2, 0.25) is 0 Å². The summed E-state index contributed by atoms with van der Waals surface area (Å²) in [5.74, 6) is -0.0756. The van der Waals surface area contributed by atoms with Gasteiger partial charge < -0.3 is 10.4 Å². The van der Waals surface area contributed by atoms with Gasteiger partial charge in [-0.15, -0.1) is 0 Å². The van der Waals surface area contributed by atoms with Gasteiger partial charge in [0.25, 0.3) is 5.91 Å². The zero-order chi connectivity index (χ0) is 12.0. The summed E-state index contributed by atoms with van der Waals surface area (Å²) < 4.78 is 0.939. The van der Waals surface area contributed by atoms with E-state index in [1.165, 1.54) is 0 Å². The number of carbonyl (C=O) groups excluding carboxylic acids is 1. The number of aliphatic hydroxyl groups excluding tert-OH is 1. The standard InChI is InChI=1S/C12H16INO2/c1-2-9(15)7-8-14-12(16)10-5-3-4-6-11(10)13/h3-6,9,15H,2,7-8H2,1H3,(H,14,16). The summed E-state index contributed by atoms with van der Waals surface area (Å²) in [5.41, 5.74) is 0.689.